The zero-order chi connectivity index (χ0) is 17.1. The Morgan fingerprint density at radius 2 is 2.17 bits per heavy atom. The fraction of sp³-hybridized carbons (Fsp3) is 0.444. The number of methoxy groups -OCH3 is 1. The van der Waals surface area contributed by atoms with E-state index in [4.69, 9.17) is 10.5 Å². The molecule has 128 valence electrons. The third-order valence-corrected chi connectivity index (χ3v) is 5.46. The van der Waals surface area contributed by atoms with E-state index < -0.39 is 0 Å². The van der Waals surface area contributed by atoms with E-state index in [1.807, 2.05) is 34.5 Å². The van der Waals surface area contributed by atoms with Gasteiger partial charge in [0.15, 0.2) is 0 Å². The molecule has 1 fully saturated rings. The minimum atomic E-state index is -0.00615. The van der Waals surface area contributed by atoms with Gasteiger partial charge in [-0.2, -0.15) is 0 Å². The van der Waals surface area contributed by atoms with Crippen LogP contribution >= 0.6 is 11.3 Å². The molecule has 1 aliphatic heterocycles. The molecule has 0 bridgehead atoms. The van der Waals surface area contributed by atoms with Gasteiger partial charge in [-0.05, 0) is 43.0 Å². The topological polar surface area (TPSA) is 68.5 Å². The minimum Gasteiger partial charge on any atom is -0.497 e. The molecule has 5 nitrogen and oxygen atoms in total. The van der Waals surface area contributed by atoms with Crippen LogP contribution in [0.3, 0.4) is 0 Å². The first-order chi connectivity index (χ1) is 11.6. The molecule has 6 heteroatoms. The highest BCUT2D eigenvalue weighted by Crippen LogP contribution is 2.28. The molecule has 3 rings (SSSR count). The summed E-state index contributed by atoms with van der Waals surface area (Å²) in [7, 11) is 1.64. The number of amides is 1. The Hall–Kier alpha value is -1.92. The average molecular weight is 345 g/mol. The molecule has 2 unspecified atom stereocenters. The van der Waals surface area contributed by atoms with Crippen LogP contribution in [-0.2, 0) is 0 Å². The number of aromatic nitrogens is 1. The Balaban J connectivity index is 1.77. The fourth-order valence-electron chi connectivity index (χ4n) is 3.13. The van der Waals surface area contributed by atoms with Gasteiger partial charge in [0.25, 0.3) is 5.91 Å². The maximum absolute atomic E-state index is 12.8. The van der Waals surface area contributed by atoms with Gasteiger partial charge < -0.3 is 15.4 Å². The van der Waals surface area contributed by atoms with Crippen LogP contribution in [0.4, 0.5) is 0 Å². The minimum absolute atomic E-state index is 0.00615. The van der Waals surface area contributed by atoms with Crippen LogP contribution in [-0.4, -0.2) is 42.0 Å². The summed E-state index contributed by atoms with van der Waals surface area (Å²) in [5.41, 5.74) is 7.37. The summed E-state index contributed by atoms with van der Waals surface area (Å²) in [6, 6.07) is 7.82. The van der Waals surface area contributed by atoms with E-state index >= 15 is 0 Å². The summed E-state index contributed by atoms with van der Waals surface area (Å²) in [6.45, 7) is 3.48. The first-order valence-corrected chi connectivity index (χ1v) is 9.11. The van der Waals surface area contributed by atoms with E-state index in [9.17, 15) is 4.79 Å². The molecule has 0 spiro atoms. The van der Waals surface area contributed by atoms with Crippen molar-refractivity contribution in [2.24, 2.45) is 11.7 Å². The Morgan fingerprint density at radius 3 is 2.83 bits per heavy atom. The van der Waals surface area contributed by atoms with E-state index in [0.717, 1.165) is 35.7 Å². The normalized spacial score (nSPS) is 20.9. The van der Waals surface area contributed by atoms with Gasteiger partial charge in [0.2, 0.25) is 0 Å². The largest absolute Gasteiger partial charge is 0.497 e. The lowest BCUT2D eigenvalue weighted by atomic mass is 9.92. The molecule has 1 amide bonds. The maximum Gasteiger partial charge on any atom is 0.273 e. The lowest BCUT2D eigenvalue weighted by molar-refractivity contribution is 0.0568. The van der Waals surface area contributed by atoms with Crippen LogP contribution in [0.25, 0.3) is 10.6 Å². The van der Waals surface area contributed by atoms with E-state index in [2.05, 4.69) is 11.9 Å². The Kier molecular flexibility index (Phi) is 5.16. The number of thiazole rings is 1. The predicted molar refractivity (Wildman–Crippen MR) is 96.4 cm³/mol. The lowest BCUT2D eigenvalue weighted by Gasteiger charge is -2.37. The van der Waals surface area contributed by atoms with E-state index in [-0.39, 0.29) is 11.9 Å². The van der Waals surface area contributed by atoms with E-state index in [0.29, 0.717) is 18.2 Å². The summed E-state index contributed by atoms with van der Waals surface area (Å²) in [5, 5.41) is 2.68. The van der Waals surface area contributed by atoms with Crippen molar-refractivity contribution in [3.63, 3.8) is 0 Å². The smallest absolute Gasteiger partial charge is 0.273 e. The number of piperidine rings is 1. The number of benzene rings is 1. The van der Waals surface area contributed by atoms with Crippen molar-refractivity contribution in [2.75, 3.05) is 20.2 Å². The molecule has 2 aromatic rings. The Morgan fingerprint density at radius 1 is 1.42 bits per heavy atom. The molecule has 0 aliphatic carbocycles. The predicted octanol–water partition coefficient (Wildman–Crippen LogP) is 3.02. The van der Waals surface area contributed by atoms with Gasteiger partial charge in [0, 0.05) is 30.1 Å². The van der Waals surface area contributed by atoms with Crippen molar-refractivity contribution in [1.82, 2.24) is 9.88 Å². The second kappa shape index (κ2) is 7.32. The standard InChI is InChI=1S/C18H23N3O2S/c1-12-7-8-21(14(9-12)10-19)18(22)16-11-24-17(20-16)13-3-5-15(23-2)6-4-13/h3-6,11-12,14H,7-10,19H2,1-2H3. The number of carbonyl (C=O) groups excluding carboxylic acids is 1. The number of hydrogen-bond donors (Lipinski definition) is 1. The van der Waals surface area contributed by atoms with Crippen LogP contribution in [0, 0.1) is 5.92 Å². The molecule has 1 aliphatic rings. The number of ether oxygens (including phenoxy) is 1. The van der Waals surface area contributed by atoms with Crippen molar-refractivity contribution in [1.29, 1.82) is 0 Å². The van der Waals surface area contributed by atoms with E-state index in [1.54, 1.807) is 7.11 Å². The highest BCUT2D eigenvalue weighted by molar-refractivity contribution is 7.13. The van der Waals surface area contributed by atoms with E-state index in [1.165, 1.54) is 11.3 Å². The zero-order valence-corrected chi connectivity index (χ0v) is 14.9. The monoisotopic (exact) mass is 345 g/mol. The first-order valence-electron chi connectivity index (χ1n) is 8.23. The van der Waals surface area contributed by atoms with Crippen molar-refractivity contribution >= 4 is 17.2 Å². The number of likely N-dealkylation sites (tertiary alicyclic amines) is 1. The summed E-state index contributed by atoms with van der Waals surface area (Å²) in [4.78, 5) is 19.3. The number of carbonyl (C=O) groups is 1. The highest BCUT2D eigenvalue weighted by Gasteiger charge is 2.30. The van der Waals surface area contributed by atoms with Gasteiger partial charge in [-0.15, -0.1) is 11.3 Å². The van der Waals surface area contributed by atoms with Gasteiger partial charge in [-0.1, -0.05) is 6.92 Å². The number of rotatable bonds is 4. The van der Waals surface area contributed by atoms with Gasteiger partial charge >= 0.3 is 0 Å². The molecule has 1 aromatic carbocycles. The third-order valence-electron chi connectivity index (χ3n) is 4.57. The second-order valence-electron chi connectivity index (χ2n) is 6.28. The van der Waals surface area contributed by atoms with Crippen molar-refractivity contribution in [3.8, 4) is 16.3 Å². The molecule has 1 aromatic heterocycles. The van der Waals surface area contributed by atoms with Crippen LogP contribution in [0.15, 0.2) is 29.6 Å². The molecule has 0 radical (unpaired) electrons. The van der Waals surface area contributed by atoms with Gasteiger partial charge in [0.05, 0.1) is 7.11 Å². The molecular weight excluding hydrogens is 322 g/mol. The zero-order valence-electron chi connectivity index (χ0n) is 14.1. The van der Waals surface area contributed by atoms with Gasteiger partial charge in [-0.25, -0.2) is 4.98 Å². The Labute approximate surface area is 146 Å². The molecule has 2 atom stereocenters. The number of nitrogens with two attached hydrogens (primary N) is 1. The molecule has 0 saturated carbocycles. The van der Waals surface area contributed by atoms with Gasteiger partial charge in [0.1, 0.15) is 16.5 Å². The SMILES string of the molecule is COc1ccc(-c2nc(C(=O)N3CCC(C)CC3CN)cs2)cc1. The lowest BCUT2D eigenvalue weighted by Crippen LogP contribution is -2.49. The van der Waals surface area contributed by atoms with Crippen molar-refractivity contribution in [2.45, 2.75) is 25.8 Å². The molecular formula is C18H23N3O2S. The first kappa shape index (κ1) is 16.9. The maximum atomic E-state index is 12.8. The summed E-state index contributed by atoms with van der Waals surface area (Å²) >= 11 is 1.49. The quantitative estimate of drug-likeness (QED) is 0.925. The fourth-order valence-corrected chi connectivity index (χ4v) is 3.93. The third kappa shape index (κ3) is 3.44. The summed E-state index contributed by atoms with van der Waals surface area (Å²) < 4.78 is 5.17. The summed E-state index contributed by atoms with van der Waals surface area (Å²) in [5.74, 6) is 1.42. The van der Waals surface area contributed by atoms with Crippen LogP contribution in [0.1, 0.15) is 30.3 Å². The number of nitrogens with zero attached hydrogens (tertiary/aromatic N) is 2. The molecule has 24 heavy (non-hydrogen) atoms. The second-order valence-corrected chi connectivity index (χ2v) is 7.14. The highest BCUT2D eigenvalue weighted by atomic mass is 32.1. The van der Waals surface area contributed by atoms with Crippen molar-refractivity contribution in [3.05, 3.63) is 35.3 Å². The van der Waals surface area contributed by atoms with Crippen molar-refractivity contribution < 1.29 is 9.53 Å². The molecule has 2 N–H and O–H groups in total. The van der Waals surface area contributed by atoms with Crippen LogP contribution in [0.5, 0.6) is 5.75 Å². The van der Waals surface area contributed by atoms with Crippen LogP contribution in [0.2, 0.25) is 0 Å². The van der Waals surface area contributed by atoms with Crippen LogP contribution < -0.4 is 10.5 Å². The Bertz CT molecular complexity index is 699. The molecule has 2 heterocycles. The average Bonchev–Trinajstić information content (AvgIpc) is 3.11. The summed E-state index contributed by atoms with van der Waals surface area (Å²) in [6.07, 6.45) is 2.00. The number of hydrogen-bond acceptors (Lipinski definition) is 5. The van der Waals surface area contributed by atoms with Gasteiger partial charge in [-0.3, -0.25) is 4.79 Å². The molecule has 1 saturated heterocycles.